The maximum atomic E-state index is 12.2. The van der Waals surface area contributed by atoms with Gasteiger partial charge in [0.25, 0.3) is 0 Å². The van der Waals surface area contributed by atoms with Gasteiger partial charge in [-0.05, 0) is 19.8 Å². The van der Waals surface area contributed by atoms with E-state index in [1.165, 1.54) is 4.31 Å². The van der Waals surface area contributed by atoms with Gasteiger partial charge in [-0.3, -0.25) is 4.79 Å². The molecule has 2 heterocycles. The van der Waals surface area contributed by atoms with Gasteiger partial charge in [-0.1, -0.05) is 0 Å². The molecule has 7 nitrogen and oxygen atoms in total. The average Bonchev–Trinajstić information content (AvgIpc) is 2.92. The molecule has 2 saturated heterocycles. The number of ether oxygens (including phenoxy) is 2. The van der Waals surface area contributed by atoms with E-state index in [0.29, 0.717) is 32.8 Å². The second-order valence-electron chi connectivity index (χ2n) is 5.14. The molecule has 1 N–H and O–H groups in total. The molecular formula is C12H22N2O5S. The molecule has 0 bridgehead atoms. The van der Waals surface area contributed by atoms with Crippen LogP contribution in [0.15, 0.2) is 0 Å². The summed E-state index contributed by atoms with van der Waals surface area (Å²) in [5.41, 5.74) is 0. The lowest BCUT2D eigenvalue weighted by Crippen LogP contribution is -2.49. The predicted molar refractivity (Wildman–Crippen MR) is 72.8 cm³/mol. The summed E-state index contributed by atoms with van der Waals surface area (Å²) in [6.45, 7) is 3.75. The number of carbonyl (C=O) groups is 1. The van der Waals surface area contributed by atoms with Crippen molar-refractivity contribution in [2.45, 2.75) is 31.9 Å². The zero-order valence-corrected chi connectivity index (χ0v) is 12.5. The number of morpholine rings is 1. The van der Waals surface area contributed by atoms with Gasteiger partial charge >= 0.3 is 0 Å². The molecule has 2 atom stereocenters. The van der Waals surface area contributed by atoms with Gasteiger partial charge in [0.15, 0.2) is 0 Å². The summed E-state index contributed by atoms with van der Waals surface area (Å²) in [5, 5.41) is 2.63. The van der Waals surface area contributed by atoms with Crippen molar-refractivity contribution < 1.29 is 22.7 Å². The number of amides is 1. The third-order valence-electron chi connectivity index (χ3n) is 3.55. The largest absolute Gasteiger partial charge is 0.378 e. The van der Waals surface area contributed by atoms with Crippen molar-refractivity contribution in [2.24, 2.45) is 0 Å². The first kappa shape index (κ1) is 15.7. The molecule has 0 aromatic carbocycles. The van der Waals surface area contributed by atoms with E-state index in [2.05, 4.69) is 5.32 Å². The highest BCUT2D eigenvalue weighted by Gasteiger charge is 2.30. The fourth-order valence-electron chi connectivity index (χ4n) is 2.44. The number of rotatable bonds is 5. The fourth-order valence-corrected chi connectivity index (χ4v) is 4.00. The first-order valence-corrected chi connectivity index (χ1v) is 8.58. The molecule has 0 radical (unpaired) electrons. The smallest absolute Gasteiger partial charge is 0.249 e. The van der Waals surface area contributed by atoms with Gasteiger partial charge in [0.1, 0.15) is 6.10 Å². The summed E-state index contributed by atoms with van der Waals surface area (Å²) in [4.78, 5) is 11.7. The predicted octanol–water partition coefficient (Wildman–Crippen LogP) is -0.668. The summed E-state index contributed by atoms with van der Waals surface area (Å²) in [5.74, 6) is -0.303. The molecule has 20 heavy (non-hydrogen) atoms. The van der Waals surface area contributed by atoms with Crippen LogP contribution in [-0.4, -0.2) is 69.4 Å². The second kappa shape index (κ2) is 6.84. The summed E-state index contributed by atoms with van der Waals surface area (Å²) in [7, 11) is -3.35. The summed E-state index contributed by atoms with van der Waals surface area (Å²) < 4.78 is 36.3. The minimum absolute atomic E-state index is 0.0875. The van der Waals surface area contributed by atoms with Crippen LogP contribution in [0.2, 0.25) is 0 Å². The van der Waals surface area contributed by atoms with Crippen molar-refractivity contribution in [1.29, 1.82) is 0 Å². The van der Waals surface area contributed by atoms with E-state index in [1.807, 2.05) is 6.92 Å². The lowest BCUT2D eigenvalue weighted by atomic mass is 10.2. The lowest BCUT2D eigenvalue weighted by molar-refractivity contribution is -0.129. The van der Waals surface area contributed by atoms with Crippen LogP contribution in [0, 0.1) is 0 Å². The number of hydrogen-bond acceptors (Lipinski definition) is 5. The van der Waals surface area contributed by atoms with Crippen LogP contribution in [0.5, 0.6) is 0 Å². The maximum Gasteiger partial charge on any atom is 0.249 e. The zero-order chi connectivity index (χ0) is 14.6. The van der Waals surface area contributed by atoms with Gasteiger partial charge in [0.2, 0.25) is 15.9 Å². The molecule has 116 valence electrons. The molecule has 2 fully saturated rings. The fraction of sp³-hybridized carbons (Fsp3) is 0.917. The van der Waals surface area contributed by atoms with E-state index in [0.717, 1.165) is 6.42 Å². The molecule has 1 amide bonds. The van der Waals surface area contributed by atoms with Crippen LogP contribution in [0.3, 0.4) is 0 Å². The molecule has 2 unspecified atom stereocenters. The average molecular weight is 306 g/mol. The first-order chi connectivity index (χ1) is 9.50. The van der Waals surface area contributed by atoms with E-state index in [1.54, 1.807) is 0 Å². The van der Waals surface area contributed by atoms with E-state index in [4.69, 9.17) is 9.47 Å². The Labute approximate surface area is 119 Å². The standard InChI is InChI=1S/C12H22N2O5S/c1-10-9-18-7-5-14(10)20(16,17)8-4-13-12(15)11-3-2-6-19-11/h10-11H,2-9H2,1H3,(H,13,15). The first-order valence-electron chi connectivity index (χ1n) is 6.97. The summed E-state index contributed by atoms with van der Waals surface area (Å²) in [6, 6.07) is -0.150. The highest BCUT2D eigenvalue weighted by molar-refractivity contribution is 7.89. The Kier molecular flexibility index (Phi) is 5.36. The Morgan fingerprint density at radius 2 is 2.20 bits per heavy atom. The van der Waals surface area contributed by atoms with Crippen LogP contribution in [0.1, 0.15) is 19.8 Å². The van der Waals surface area contributed by atoms with Gasteiger partial charge in [-0.15, -0.1) is 0 Å². The van der Waals surface area contributed by atoms with Crippen molar-refractivity contribution in [2.75, 3.05) is 38.7 Å². The minimum atomic E-state index is -3.35. The van der Waals surface area contributed by atoms with Crippen molar-refractivity contribution in [3.05, 3.63) is 0 Å². The molecule has 0 aliphatic carbocycles. The third kappa shape index (κ3) is 3.91. The molecule has 8 heteroatoms. The Bertz CT molecular complexity index is 433. The molecule has 2 aliphatic heterocycles. The van der Waals surface area contributed by atoms with Gasteiger partial charge < -0.3 is 14.8 Å². The van der Waals surface area contributed by atoms with E-state index >= 15 is 0 Å². The highest BCUT2D eigenvalue weighted by Crippen LogP contribution is 2.13. The van der Waals surface area contributed by atoms with Gasteiger partial charge in [-0.2, -0.15) is 4.31 Å². The van der Waals surface area contributed by atoms with Crippen molar-refractivity contribution in [3.8, 4) is 0 Å². The maximum absolute atomic E-state index is 12.2. The Hall–Kier alpha value is -0.700. The van der Waals surface area contributed by atoms with Crippen LogP contribution >= 0.6 is 0 Å². The van der Waals surface area contributed by atoms with Gasteiger partial charge in [-0.25, -0.2) is 8.42 Å². The van der Waals surface area contributed by atoms with Crippen molar-refractivity contribution >= 4 is 15.9 Å². The lowest BCUT2D eigenvalue weighted by Gasteiger charge is -2.32. The normalized spacial score (nSPS) is 28.4. The molecule has 2 aliphatic rings. The molecule has 0 aromatic heterocycles. The number of hydrogen-bond donors (Lipinski definition) is 1. The third-order valence-corrected chi connectivity index (χ3v) is 5.52. The number of nitrogens with zero attached hydrogens (tertiary/aromatic N) is 1. The van der Waals surface area contributed by atoms with E-state index in [-0.39, 0.29) is 24.2 Å². The highest BCUT2D eigenvalue weighted by atomic mass is 32.2. The number of nitrogens with one attached hydrogen (secondary N) is 1. The van der Waals surface area contributed by atoms with Crippen LogP contribution in [0.25, 0.3) is 0 Å². The van der Waals surface area contributed by atoms with E-state index in [9.17, 15) is 13.2 Å². The van der Waals surface area contributed by atoms with Crippen LogP contribution in [0.4, 0.5) is 0 Å². The monoisotopic (exact) mass is 306 g/mol. The van der Waals surface area contributed by atoms with Crippen LogP contribution < -0.4 is 5.32 Å². The quantitative estimate of drug-likeness (QED) is 0.728. The Morgan fingerprint density at radius 3 is 2.85 bits per heavy atom. The van der Waals surface area contributed by atoms with Gasteiger partial charge in [0, 0.05) is 25.7 Å². The Morgan fingerprint density at radius 1 is 1.40 bits per heavy atom. The molecule has 2 rings (SSSR count). The van der Waals surface area contributed by atoms with Crippen molar-refractivity contribution in [3.63, 3.8) is 0 Å². The van der Waals surface area contributed by atoms with Crippen LogP contribution in [-0.2, 0) is 24.3 Å². The Balaban J connectivity index is 1.78. The summed E-state index contributed by atoms with van der Waals surface area (Å²) >= 11 is 0. The molecule has 0 aromatic rings. The number of sulfonamides is 1. The minimum Gasteiger partial charge on any atom is -0.378 e. The van der Waals surface area contributed by atoms with E-state index < -0.39 is 16.1 Å². The molecule has 0 spiro atoms. The number of carbonyl (C=O) groups excluding carboxylic acids is 1. The molecular weight excluding hydrogens is 284 g/mol. The SMILES string of the molecule is CC1COCCN1S(=O)(=O)CCNC(=O)C1CCCO1. The second-order valence-corrected chi connectivity index (χ2v) is 7.18. The van der Waals surface area contributed by atoms with Crippen molar-refractivity contribution in [1.82, 2.24) is 9.62 Å². The summed E-state index contributed by atoms with van der Waals surface area (Å²) in [6.07, 6.45) is 1.17. The van der Waals surface area contributed by atoms with Gasteiger partial charge in [0.05, 0.1) is 19.0 Å². The zero-order valence-electron chi connectivity index (χ0n) is 11.7. The molecule has 0 saturated carbocycles. The topological polar surface area (TPSA) is 84.9 Å².